The van der Waals surface area contributed by atoms with Gasteiger partial charge in [0.15, 0.2) is 0 Å². The highest BCUT2D eigenvalue weighted by molar-refractivity contribution is 5.87. The molecule has 0 aromatic heterocycles. The summed E-state index contributed by atoms with van der Waals surface area (Å²) in [6.07, 6.45) is 9.74. The Kier molecular flexibility index (Phi) is 3.99. The van der Waals surface area contributed by atoms with Crippen LogP contribution in [0.25, 0.3) is 0 Å². The molecule has 0 radical (unpaired) electrons. The van der Waals surface area contributed by atoms with Crippen LogP contribution in [0.4, 0.5) is 0 Å². The molecule has 0 saturated heterocycles. The Morgan fingerprint density at radius 3 is 2.54 bits per heavy atom. The van der Waals surface area contributed by atoms with Crippen molar-refractivity contribution in [2.75, 3.05) is 0 Å². The van der Waals surface area contributed by atoms with Gasteiger partial charge < -0.3 is 4.74 Å². The molecule has 26 heavy (non-hydrogen) atoms. The number of esters is 1. The quantitative estimate of drug-likeness (QED) is 0.484. The Morgan fingerprint density at radius 2 is 1.85 bits per heavy atom. The van der Waals surface area contributed by atoms with E-state index in [1.165, 1.54) is 25.3 Å². The van der Waals surface area contributed by atoms with Gasteiger partial charge in [-0.3, -0.25) is 9.59 Å². The van der Waals surface area contributed by atoms with Crippen LogP contribution >= 0.6 is 0 Å². The number of carbonyl (C=O) groups is 2. The number of ketones is 1. The molecule has 0 heterocycles. The minimum atomic E-state index is -0.163. The van der Waals surface area contributed by atoms with E-state index in [0.29, 0.717) is 17.6 Å². The number of hydrogen-bond acceptors (Lipinski definition) is 3. The van der Waals surface area contributed by atoms with Crippen LogP contribution in [-0.2, 0) is 14.3 Å². The van der Waals surface area contributed by atoms with Gasteiger partial charge in [-0.15, -0.1) is 0 Å². The van der Waals surface area contributed by atoms with Crippen molar-refractivity contribution >= 4 is 11.8 Å². The van der Waals surface area contributed by atoms with Crippen LogP contribution in [0.3, 0.4) is 0 Å². The molecular weight excluding hydrogens is 324 g/mol. The van der Waals surface area contributed by atoms with Gasteiger partial charge >= 0.3 is 5.97 Å². The van der Waals surface area contributed by atoms with Gasteiger partial charge in [0.1, 0.15) is 11.9 Å². The molecule has 0 bridgehead atoms. The van der Waals surface area contributed by atoms with Crippen LogP contribution in [0.15, 0.2) is 11.6 Å². The third-order valence-electron chi connectivity index (χ3n) is 8.86. The molecule has 144 valence electrons. The van der Waals surface area contributed by atoms with Gasteiger partial charge in [-0.1, -0.05) is 39.3 Å². The van der Waals surface area contributed by atoms with Crippen molar-refractivity contribution in [2.24, 2.45) is 34.0 Å². The minimum absolute atomic E-state index is 0.00925. The fourth-order valence-electron chi connectivity index (χ4n) is 7.47. The zero-order chi connectivity index (χ0) is 18.9. The van der Waals surface area contributed by atoms with Gasteiger partial charge in [0.05, 0.1) is 0 Å². The second-order valence-electron chi connectivity index (χ2n) is 10.6. The highest BCUT2D eigenvalue weighted by atomic mass is 16.5. The Labute approximate surface area is 157 Å². The average molecular weight is 359 g/mol. The van der Waals surface area contributed by atoms with Crippen LogP contribution in [0, 0.1) is 34.0 Å². The normalized spacial score (nSPS) is 46.7. The molecule has 6 atom stereocenters. The van der Waals surface area contributed by atoms with E-state index in [1.807, 2.05) is 0 Å². The molecule has 4 aliphatic rings. The first kappa shape index (κ1) is 18.3. The van der Waals surface area contributed by atoms with Crippen LogP contribution in [0.2, 0.25) is 0 Å². The molecule has 3 heteroatoms. The summed E-state index contributed by atoms with van der Waals surface area (Å²) in [5, 5.41) is 0. The van der Waals surface area contributed by atoms with Crippen molar-refractivity contribution in [3.8, 4) is 0 Å². The molecular formula is C23H34O3. The van der Waals surface area contributed by atoms with Crippen molar-refractivity contribution in [2.45, 2.75) is 85.7 Å². The summed E-state index contributed by atoms with van der Waals surface area (Å²) in [7, 11) is 0. The average Bonchev–Trinajstić information content (AvgIpc) is 2.85. The predicted octanol–water partition coefficient (Wildman–Crippen LogP) is 5.09. The van der Waals surface area contributed by atoms with Crippen molar-refractivity contribution in [3.63, 3.8) is 0 Å². The Hall–Kier alpha value is -1.12. The maximum atomic E-state index is 12.7. The van der Waals surface area contributed by atoms with E-state index < -0.39 is 0 Å². The molecule has 0 aromatic rings. The van der Waals surface area contributed by atoms with E-state index >= 15 is 0 Å². The second kappa shape index (κ2) is 5.69. The van der Waals surface area contributed by atoms with E-state index in [0.717, 1.165) is 32.1 Å². The Morgan fingerprint density at radius 1 is 1.12 bits per heavy atom. The van der Waals surface area contributed by atoms with Gasteiger partial charge in [0, 0.05) is 24.7 Å². The molecule has 3 nitrogen and oxygen atoms in total. The molecule has 4 aliphatic carbocycles. The summed E-state index contributed by atoms with van der Waals surface area (Å²) < 4.78 is 5.73. The Balaban J connectivity index is 1.70. The van der Waals surface area contributed by atoms with Gasteiger partial charge in [-0.05, 0) is 61.2 Å². The Bertz CT molecular complexity index is 675. The van der Waals surface area contributed by atoms with Crippen molar-refractivity contribution in [1.82, 2.24) is 0 Å². The maximum Gasteiger partial charge on any atom is 0.302 e. The van der Waals surface area contributed by atoms with E-state index in [1.54, 1.807) is 0 Å². The van der Waals surface area contributed by atoms with Gasteiger partial charge in [-0.2, -0.15) is 0 Å². The SMILES string of the molecule is CC(=O)O[C@H]1CC[C@]2(C)[C@H]3CC[C@]4(C)CCC(=O)[C@@H]4C3=CC[C@H]2C1(C)C. The highest BCUT2D eigenvalue weighted by Gasteiger charge is 2.61. The number of Topliss-reactive ketones (excluding diaryl/α,β-unsaturated/α-hetero) is 1. The third-order valence-corrected chi connectivity index (χ3v) is 8.86. The molecule has 0 N–H and O–H groups in total. The lowest BCUT2D eigenvalue weighted by atomic mass is 9.44. The van der Waals surface area contributed by atoms with E-state index in [9.17, 15) is 9.59 Å². The number of carbonyl (C=O) groups excluding carboxylic acids is 2. The number of allylic oxidation sites excluding steroid dienone is 2. The van der Waals surface area contributed by atoms with Gasteiger partial charge in [0.25, 0.3) is 0 Å². The largest absolute Gasteiger partial charge is 0.462 e. The monoisotopic (exact) mass is 358 g/mol. The fraction of sp³-hybridized carbons (Fsp3) is 0.826. The van der Waals surface area contributed by atoms with E-state index in [-0.39, 0.29) is 34.2 Å². The highest BCUT2D eigenvalue weighted by Crippen LogP contribution is 2.66. The van der Waals surface area contributed by atoms with Crippen molar-refractivity contribution in [3.05, 3.63) is 11.6 Å². The summed E-state index contributed by atoms with van der Waals surface area (Å²) in [5.41, 5.74) is 1.87. The lowest BCUT2D eigenvalue weighted by Gasteiger charge is -2.61. The van der Waals surface area contributed by atoms with Crippen LogP contribution in [-0.4, -0.2) is 17.9 Å². The van der Waals surface area contributed by atoms with E-state index in [2.05, 4.69) is 33.8 Å². The zero-order valence-corrected chi connectivity index (χ0v) is 17.1. The van der Waals surface area contributed by atoms with E-state index in [4.69, 9.17) is 4.74 Å². The molecule has 0 aromatic carbocycles. The summed E-state index contributed by atoms with van der Waals surface area (Å²) in [4.78, 5) is 24.3. The molecule has 0 unspecified atom stereocenters. The van der Waals surface area contributed by atoms with Crippen LogP contribution in [0.1, 0.15) is 79.6 Å². The lowest BCUT2D eigenvalue weighted by Crippen LogP contribution is -2.57. The maximum absolute atomic E-state index is 12.7. The van der Waals surface area contributed by atoms with Gasteiger partial charge in [-0.25, -0.2) is 0 Å². The topological polar surface area (TPSA) is 43.4 Å². The molecule has 3 saturated carbocycles. The number of hydrogen-bond donors (Lipinski definition) is 0. The van der Waals surface area contributed by atoms with Gasteiger partial charge in [0.2, 0.25) is 0 Å². The predicted molar refractivity (Wildman–Crippen MR) is 101 cm³/mol. The minimum Gasteiger partial charge on any atom is -0.462 e. The number of fused-ring (bicyclic) bond motifs is 5. The van der Waals surface area contributed by atoms with Crippen molar-refractivity contribution < 1.29 is 14.3 Å². The van der Waals surface area contributed by atoms with Crippen molar-refractivity contribution in [1.29, 1.82) is 0 Å². The summed E-state index contributed by atoms with van der Waals surface area (Å²) in [6.45, 7) is 10.9. The summed E-state index contributed by atoms with van der Waals surface area (Å²) in [6, 6.07) is 0. The van der Waals surface area contributed by atoms with Crippen LogP contribution in [0.5, 0.6) is 0 Å². The number of ether oxygens (including phenoxy) is 1. The van der Waals surface area contributed by atoms with Crippen LogP contribution < -0.4 is 0 Å². The molecule has 3 fully saturated rings. The first-order chi connectivity index (χ1) is 12.1. The molecule has 0 aliphatic heterocycles. The lowest BCUT2D eigenvalue weighted by molar-refractivity contribution is -0.173. The summed E-state index contributed by atoms with van der Waals surface area (Å²) >= 11 is 0. The first-order valence-corrected chi connectivity index (χ1v) is 10.5. The standard InChI is InChI=1S/C23H34O3/c1-14(24)26-19-10-13-23(5)16-8-11-22(4)12-9-17(25)20(22)15(16)6-7-18(23)21(19,2)3/h6,16,18-20H,7-13H2,1-5H3/t16-,18-,19-,20-,22+,23+/m0/s1. The first-order valence-electron chi connectivity index (χ1n) is 10.5. The molecule has 4 rings (SSSR count). The second-order valence-corrected chi connectivity index (χ2v) is 10.6. The third kappa shape index (κ3) is 2.38. The molecule has 0 spiro atoms. The zero-order valence-electron chi connectivity index (χ0n) is 17.1. The fourth-order valence-corrected chi connectivity index (χ4v) is 7.47. The summed E-state index contributed by atoms with van der Waals surface area (Å²) in [5.74, 6) is 1.53. The number of rotatable bonds is 1. The molecule has 0 amide bonds. The smallest absolute Gasteiger partial charge is 0.302 e.